The van der Waals surface area contributed by atoms with Gasteiger partial charge in [-0.25, -0.2) is 4.79 Å². The van der Waals surface area contributed by atoms with Gasteiger partial charge in [0.1, 0.15) is 12.4 Å². The van der Waals surface area contributed by atoms with Crippen LogP contribution in [-0.2, 0) is 20.7 Å². The van der Waals surface area contributed by atoms with Crippen LogP contribution >= 0.6 is 0 Å². The Hall–Kier alpha value is -3.37. The topological polar surface area (TPSA) is 97.7 Å². The van der Waals surface area contributed by atoms with Crippen LogP contribution in [0.3, 0.4) is 0 Å². The van der Waals surface area contributed by atoms with E-state index in [4.69, 9.17) is 19.5 Å². The second-order valence-corrected chi connectivity index (χ2v) is 6.63. The van der Waals surface area contributed by atoms with Gasteiger partial charge in [0.15, 0.2) is 6.61 Å². The number of rotatable bonds is 8. The van der Waals surface area contributed by atoms with E-state index in [0.29, 0.717) is 30.0 Å². The fraction of sp³-hybridized carbons (Fsp3) is 0.318. The molecule has 0 radical (unpaired) electrons. The van der Waals surface area contributed by atoms with Gasteiger partial charge < -0.3 is 19.5 Å². The van der Waals surface area contributed by atoms with Crippen LogP contribution in [0.25, 0.3) is 0 Å². The highest BCUT2D eigenvalue weighted by Crippen LogP contribution is 2.17. The summed E-state index contributed by atoms with van der Waals surface area (Å²) in [5.74, 6) is -0.382. The Morgan fingerprint density at radius 3 is 2.55 bits per heavy atom. The minimum atomic E-state index is -0.588. The van der Waals surface area contributed by atoms with E-state index in [2.05, 4.69) is 11.4 Å². The molecule has 150 valence electrons. The lowest BCUT2D eigenvalue weighted by molar-refractivity contribution is -0.119. The summed E-state index contributed by atoms with van der Waals surface area (Å²) >= 11 is 0. The Balaban J connectivity index is 1.42. The lowest BCUT2D eigenvalue weighted by atomic mass is 10.1. The lowest BCUT2D eigenvalue weighted by Crippen LogP contribution is -2.21. The summed E-state index contributed by atoms with van der Waals surface area (Å²) in [6.45, 7) is 0.871. The van der Waals surface area contributed by atoms with Gasteiger partial charge in [-0.15, -0.1) is 0 Å². The average Bonchev–Trinajstić information content (AvgIpc) is 3.26. The minimum absolute atomic E-state index is 0.126. The maximum atomic E-state index is 12.1. The van der Waals surface area contributed by atoms with Crippen molar-refractivity contribution in [1.29, 1.82) is 5.26 Å². The van der Waals surface area contributed by atoms with Crippen LogP contribution in [0.15, 0.2) is 48.5 Å². The van der Waals surface area contributed by atoms with E-state index in [1.165, 1.54) is 0 Å². The van der Waals surface area contributed by atoms with Crippen LogP contribution in [-0.4, -0.2) is 37.8 Å². The van der Waals surface area contributed by atoms with Gasteiger partial charge in [-0.2, -0.15) is 5.26 Å². The van der Waals surface area contributed by atoms with Crippen molar-refractivity contribution < 1.29 is 23.8 Å². The SMILES string of the molecule is N#CCc1ccc(NC(=O)COC(=O)c2ccc(OC[C@H]3CCCO3)cc2)cc1. The standard InChI is InChI=1S/C22H22N2O5/c23-12-11-16-3-7-18(8-4-16)24-21(25)15-29-22(26)17-5-9-19(10-6-17)28-14-20-2-1-13-27-20/h3-10,20H,1-2,11,13-15H2,(H,24,25)/t20-/m1/s1. The molecule has 0 unspecified atom stereocenters. The maximum absolute atomic E-state index is 12.1. The molecule has 1 amide bonds. The minimum Gasteiger partial charge on any atom is -0.491 e. The summed E-state index contributed by atoms with van der Waals surface area (Å²) in [7, 11) is 0. The molecular weight excluding hydrogens is 372 g/mol. The second-order valence-electron chi connectivity index (χ2n) is 6.63. The predicted octanol–water partition coefficient (Wildman–Crippen LogP) is 3.11. The Morgan fingerprint density at radius 2 is 1.90 bits per heavy atom. The third-order valence-corrected chi connectivity index (χ3v) is 4.41. The predicted molar refractivity (Wildman–Crippen MR) is 106 cm³/mol. The molecule has 0 bridgehead atoms. The number of carbonyl (C=O) groups excluding carboxylic acids is 2. The van der Waals surface area contributed by atoms with Gasteiger partial charge in [0.05, 0.1) is 24.2 Å². The quantitative estimate of drug-likeness (QED) is 0.691. The molecule has 1 saturated heterocycles. The highest BCUT2D eigenvalue weighted by Gasteiger charge is 2.16. The molecule has 0 spiro atoms. The van der Waals surface area contributed by atoms with Crippen molar-refractivity contribution in [1.82, 2.24) is 0 Å². The maximum Gasteiger partial charge on any atom is 0.338 e. The zero-order valence-electron chi connectivity index (χ0n) is 15.9. The molecule has 2 aromatic carbocycles. The summed E-state index contributed by atoms with van der Waals surface area (Å²) in [6.07, 6.45) is 2.49. The van der Waals surface area contributed by atoms with E-state index in [1.54, 1.807) is 48.5 Å². The lowest BCUT2D eigenvalue weighted by Gasteiger charge is -2.11. The molecule has 0 aromatic heterocycles. The van der Waals surface area contributed by atoms with Gasteiger partial charge in [-0.05, 0) is 54.8 Å². The molecule has 1 heterocycles. The Bertz CT molecular complexity index is 866. The number of hydrogen-bond donors (Lipinski definition) is 1. The van der Waals surface area contributed by atoms with E-state index in [1.807, 2.05) is 0 Å². The molecule has 1 N–H and O–H groups in total. The van der Waals surface area contributed by atoms with Crippen LogP contribution < -0.4 is 10.1 Å². The molecule has 1 atom stereocenters. The summed E-state index contributed by atoms with van der Waals surface area (Å²) in [5.41, 5.74) is 1.77. The summed E-state index contributed by atoms with van der Waals surface area (Å²) in [6, 6.07) is 15.5. The van der Waals surface area contributed by atoms with Crippen molar-refractivity contribution in [3.63, 3.8) is 0 Å². The highest BCUT2D eigenvalue weighted by molar-refractivity contribution is 5.95. The van der Waals surface area contributed by atoms with Crippen LogP contribution in [0.4, 0.5) is 5.69 Å². The number of amides is 1. The normalized spacial score (nSPS) is 15.3. The first-order valence-electron chi connectivity index (χ1n) is 9.41. The monoisotopic (exact) mass is 394 g/mol. The first-order valence-corrected chi connectivity index (χ1v) is 9.41. The van der Waals surface area contributed by atoms with Crippen molar-refractivity contribution >= 4 is 17.6 Å². The molecule has 0 saturated carbocycles. The van der Waals surface area contributed by atoms with Gasteiger partial charge in [0.25, 0.3) is 5.91 Å². The number of carbonyl (C=O) groups is 2. The molecule has 1 aliphatic heterocycles. The van der Waals surface area contributed by atoms with E-state index in [0.717, 1.165) is 25.0 Å². The largest absolute Gasteiger partial charge is 0.491 e. The number of anilines is 1. The van der Waals surface area contributed by atoms with E-state index in [9.17, 15) is 9.59 Å². The first kappa shape index (κ1) is 20.4. The highest BCUT2D eigenvalue weighted by atomic mass is 16.5. The van der Waals surface area contributed by atoms with E-state index >= 15 is 0 Å². The smallest absolute Gasteiger partial charge is 0.338 e. The number of esters is 1. The van der Waals surface area contributed by atoms with Gasteiger partial charge in [-0.1, -0.05) is 12.1 Å². The van der Waals surface area contributed by atoms with Crippen LogP contribution in [0.5, 0.6) is 5.75 Å². The summed E-state index contributed by atoms with van der Waals surface area (Å²) in [5, 5.41) is 11.3. The number of ether oxygens (including phenoxy) is 3. The van der Waals surface area contributed by atoms with E-state index < -0.39 is 18.5 Å². The van der Waals surface area contributed by atoms with Crippen LogP contribution in [0.1, 0.15) is 28.8 Å². The van der Waals surface area contributed by atoms with Crippen molar-refractivity contribution in [2.24, 2.45) is 0 Å². The molecule has 7 nitrogen and oxygen atoms in total. The average molecular weight is 394 g/mol. The Kier molecular flexibility index (Phi) is 7.20. The Morgan fingerprint density at radius 1 is 1.14 bits per heavy atom. The molecule has 29 heavy (non-hydrogen) atoms. The third-order valence-electron chi connectivity index (χ3n) is 4.41. The van der Waals surface area contributed by atoms with Crippen LogP contribution in [0.2, 0.25) is 0 Å². The van der Waals surface area contributed by atoms with Crippen molar-refractivity contribution in [2.75, 3.05) is 25.1 Å². The second kappa shape index (κ2) is 10.2. The molecule has 3 rings (SSSR count). The zero-order chi connectivity index (χ0) is 20.5. The number of hydrogen-bond acceptors (Lipinski definition) is 6. The number of nitrogens with one attached hydrogen (secondary N) is 1. The molecule has 1 aliphatic rings. The molecule has 2 aromatic rings. The first-order chi connectivity index (χ1) is 14.1. The van der Waals surface area contributed by atoms with Gasteiger partial charge in [-0.3, -0.25) is 4.79 Å². The fourth-order valence-corrected chi connectivity index (χ4v) is 2.86. The molecule has 0 aliphatic carbocycles. The molecule has 1 fully saturated rings. The molecular formula is C22H22N2O5. The number of benzene rings is 2. The third kappa shape index (κ3) is 6.33. The van der Waals surface area contributed by atoms with Crippen molar-refractivity contribution in [3.8, 4) is 11.8 Å². The fourth-order valence-electron chi connectivity index (χ4n) is 2.86. The molecule has 7 heteroatoms. The van der Waals surface area contributed by atoms with Crippen molar-refractivity contribution in [2.45, 2.75) is 25.4 Å². The zero-order valence-corrected chi connectivity index (χ0v) is 15.9. The van der Waals surface area contributed by atoms with Crippen LogP contribution in [0, 0.1) is 11.3 Å². The van der Waals surface area contributed by atoms with Gasteiger partial charge in [0.2, 0.25) is 0 Å². The van der Waals surface area contributed by atoms with E-state index in [-0.39, 0.29) is 6.10 Å². The number of nitriles is 1. The van der Waals surface area contributed by atoms with Gasteiger partial charge >= 0.3 is 5.97 Å². The number of nitrogens with zero attached hydrogens (tertiary/aromatic N) is 1. The Labute approximate surface area is 169 Å². The summed E-state index contributed by atoms with van der Waals surface area (Å²) < 4.78 is 16.2. The van der Waals surface area contributed by atoms with Gasteiger partial charge in [0, 0.05) is 12.3 Å². The van der Waals surface area contributed by atoms with Crippen molar-refractivity contribution in [3.05, 3.63) is 59.7 Å². The summed E-state index contributed by atoms with van der Waals surface area (Å²) in [4.78, 5) is 24.1.